The van der Waals surface area contributed by atoms with E-state index in [2.05, 4.69) is 15.6 Å². The summed E-state index contributed by atoms with van der Waals surface area (Å²) in [6.45, 7) is 1.02. The van der Waals surface area contributed by atoms with Gasteiger partial charge in [-0.05, 0) is 0 Å². The van der Waals surface area contributed by atoms with Gasteiger partial charge in [0.1, 0.15) is 0 Å². The molecule has 0 saturated heterocycles. The monoisotopic (exact) mass is 241 g/mol. The maximum Gasteiger partial charge on any atom is 0.253 e. The molecule has 1 rings (SSSR count). The van der Waals surface area contributed by atoms with Crippen LogP contribution in [0, 0.1) is 0 Å². The van der Waals surface area contributed by atoms with E-state index in [9.17, 15) is 14.4 Å². The van der Waals surface area contributed by atoms with Gasteiger partial charge >= 0.3 is 0 Å². The molecule has 0 radical (unpaired) electrons. The van der Waals surface area contributed by atoms with E-state index >= 15 is 0 Å². The summed E-state index contributed by atoms with van der Waals surface area (Å²) in [5.74, 6) is -0.955. The molecule has 0 spiro atoms. The first-order valence-electron chi connectivity index (χ1n) is 5.21. The summed E-state index contributed by atoms with van der Waals surface area (Å²) in [5, 5.41) is 2.62. The van der Waals surface area contributed by atoms with Gasteiger partial charge in [-0.3, -0.25) is 19.3 Å². The quantitative estimate of drug-likeness (QED) is 0.324. The van der Waals surface area contributed by atoms with Crippen LogP contribution in [0.4, 0.5) is 0 Å². The molecule has 1 aliphatic heterocycles. The number of imide groups is 1. The summed E-state index contributed by atoms with van der Waals surface area (Å²) in [6.07, 6.45) is 2.50. The molecule has 3 amide bonds. The van der Waals surface area contributed by atoms with Crippen molar-refractivity contribution in [1.82, 2.24) is 15.7 Å². The van der Waals surface area contributed by atoms with E-state index in [-0.39, 0.29) is 30.7 Å². The third-order valence-corrected chi connectivity index (χ3v) is 2.16. The minimum absolute atomic E-state index is 0.103. The van der Waals surface area contributed by atoms with Gasteiger partial charge in [0.05, 0.1) is 7.11 Å². The average Bonchev–Trinajstić information content (AvgIpc) is 2.62. The fraction of sp³-hybridized carbons (Fsp3) is 0.500. The topological polar surface area (TPSA) is 87.7 Å². The molecule has 0 aromatic heterocycles. The number of amides is 3. The Labute approximate surface area is 98.7 Å². The minimum atomic E-state index is -0.371. The molecule has 2 N–H and O–H groups in total. The first-order valence-corrected chi connectivity index (χ1v) is 5.21. The van der Waals surface area contributed by atoms with Crippen LogP contribution in [-0.2, 0) is 19.2 Å². The Hall–Kier alpha value is -1.73. The van der Waals surface area contributed by atoms with E-state index in [0.717, 1.165) is 4.90 Å². The molecule has 0 unspecified atom stereocenters. The van der Waals surface area contributed by atoms with Crippen molar-refractivity contribution in [3.63, 3.8) is 0 Å². The molecule has 94 valence electrons. The van der Waals surface area contributed by atoms with Crippen LogP contribution in [0.5, 0.6) is 0 Å². The fourth-order valence-corrected chi connectivity index (χ4v) is 1.31. The average molecular weight is 241 g/mol. The molecular formula is C10H15N3O4. The van der Waals surface area contributed by atoms with Crippen molar-refractivity contribution in [1.29, 1.82) is 0 Å². The van der Waals surface area contributed by atoms with Gasteiger partial charge in [0.15, 0.2) is 0 Å². The number of hydroxylamine groups is 1. The number of nitrogens with one attached hydrogen (secondary N) is 2. The number of carbonyl (C=O) groups is 3. The largest absolute Gasteiger partial charge is 0.355 e. The summed E-state index contributed by atoms with van der Waals surface area (Å²) >= 11 is 0. The third kappa shape index (κ3) is 4.33. The highest BCUT2D eigenvalue weighted by atomic mass is 16.6. The lowest BCUT2D eigenvalue weighted by Crippen LogP contribution is -2.36. The van der Waals surface area contributed by atoms with Crippen molar-refractivity contribution < 1.29 is 19.2 Å². The molecule has 0 aromatic rings. The molecule has 0 saturated carbocycles. The van der Waals surface area contributed by atoms with Crippen LogP contribution in [0.2, 0.25) is 0 Å². The number of rotatable bonds is 7. The van der Waals surface area contributed by atoms with Crippen molar-refractivity contribution in [2.24, 2.45) is 0 Å². The number of carbonyl (C=O) groups excluding carboxylic acids is 3. The molecule has 1 aliphatic rings. The van der Waals surface area contributed by atoms with Crippen molar-refractivity contribution in [3.8, 4) is 0 Å². The molecule has 7 heteroatoms. The summed E-state index contributed by atoms with van der Waals surface area (Å²) in [7, 11) is 1.49. The first-order chi connectivity index (χ1) is 8.15. The second-order valence-electron chi connectivity index (χ2n) is 3.36. The standard InChI is InChI=1S/C10H15N3O4/c1-17-12-6-5-11-8(14)4-7-13-9(15)2-3-10(13)16/h2-3,12H,4-7H2,1H3,(H,11,14). The van der Waals surface area contributed by atoms with Gasteiger partial charge in [0.2, 0.25) is 5.91 Å². The molecule has 1 heterocycles. The van der Waals surface area contributed by atoms with Gasteiger partial charge in [-0.1, -0.05) is 0 Å². The zero-order chi connectivity index (χ0) is 12.7. The Kier molecular flexibility index (Phi) is 5.31. The van der Waals surface area contributed by atoms with Gasteiger partial charge in [-0.15, -0.1) is 0 Å². The van der Waals surface area contributed by atoms with Crippen LogP contribution < -0.4 is 10.8 Å². The lowest BCUT2D eigenvalue weighted by atomic mass is 10.3. The summed E-state index contributed by atoms with van der Waals surface area (Å²) in [4.78, 5) is 39.3. The Balaban J connectivity index is 2.16. The summed E-state index contributed by atoms with van der Waals surface area (Å²) in [6, 6.07) is 0. The Morgan fingerprint density at radius 1 is 1.29 bits per heavy atom. The van der Waals surface area contributed by atoms with Gasteiger partial charge in [0.25, 0.3) is 11.8 Å². The smallest absolute Gasteiger partial charge is 0.253 e. The van der Waals surface area contributed by atoms with Crippen molar-refractivity contribution >= 4 is 17.7 Å². The van der Waals surface area contributed by atoms with Crippen LogP contribution >= 0.6 is 0 Å². The normalized spacial score (nSPS) is 14.5. The molecule has 0 aromatic carbocycles. The predicted octanol–water partition coefficient (Wildman–Crippen LogP) is -1.43. The van der Waals surface area contributed by atoms with E-state index in [1.807, 2.05) is 0 Å². The van der Waals surface area contributed by atoms with Crippen molar-refractivity contribution in [3.05, 3.63) is 12.2 Å². The van der Waals surface area contributed by atoms with Gasteiger partial charge < -0.3 is 10.2 Å². The molecule has 7 nitrogen and oxygen atoms in total. The minimum Gasteiger partial charge on any atom is -0.355 e. The van der Waals surface area contributed by atoms with Crippen LogP contribution in [0.3, 0.4) is 0 Å². The molecule has 0 aliphatic carbocycles. The second kappa shape index (κ2) is 6.77. The van der Waals surface area contributed by atoms with Gasteiger partial charge in [0, 0.05) is 38.2 Å². The lowest BCUT2D eigenvalue weighted by Gasteiger charge is -2.13. The van der Waals surface area contributed by atoms with E-state index in [1.54, 1.807) is 0 Å². The maximum absolute atomic E-state index is 11.3. The first kappa shape index (κ1) is 13.3. The van der Waals surface area contributed by atoms with E-state index < -0.39 is 0 Å². The third-order valence-electron chi connectivity index (χ3n) is 2.16. The van der Waals surface area contributed by atoms with Crippen molar-refractivity contribution in [2.75, 3.05) is 26.7 Å². The van der Waals surface area contributed by atoms with E-state index in [1.165, 1.54) is 19.3 Å². The highest BCUT2D eigenvalue weighted by Gasteiger charge is 2.23. The van der Waals surface area contributed by atoms with Crippen molar-refractivity contribution in [2.45, 2.75) is 6.42 Å². The highest BCUT2D eigenvalue weighted by Crippen LogP contribution is 2.03. The number of nitrogens with zero attached hydrogens (tertiary/aromatic N) is 1. The van der Waals surface area contributed by atoms with Gasteiger partial charge in [-0.2, -0.15) is 0 Å². The zero-order valence-electron chi connectivity index (χ0n) is 9.56. The molecular weight excluding hydrogens is 226 g/mol. The predicted molar refractivity (Wildman–Crippen MR) is 58.5 cm³/mol. The van der Waals surface area contributed by atoms with E-state index in [0.29, 0.717) is 13.1 Å². The Morgan fingerprint density at radius 2 is 1.94 bits per heavy atom. The summed E-state index contributed by atoms with van der Waals surface area (Å²) in [5.41, 5.74) is 2.57. The zero-order valence-corrected chi connectivity index (χ0v) is 9.56. The van der Waals surface area contributed by atoms with E-state index in [4.69, 9.17) is 0 Å². The van der Waals surface area contributed by atoms with Crippen LogP contribution in [0.1, 0.15) is 6.42 Å². The van der Waals surface area contributed by atoms with Crippen LogP contribution in [-0.4, -0.2) is 49.4 Å². The fourth-order valence-electron chi connectivity index (χ4n) is 1.31. The Bertz CT molecular complexity index is 322. The highest BCUT2D eigenvalue weighted by molar-refractivity contribution is 6.13. The van der Waals surface area contributed by atoms with Gasteiger partial charge in [-0.25, -0.2) is 5.48 Å². The lowest BCUT2D eigenvalue weighted by molar-refractivity contribution is -0.137. The maximum atomic E-state index is 11.3. The van der Waals surface area contributed by atoms with Crippen LogP contribution in [0.15, 0.2) is 12.2 Å². The summed E-state index contributed by atoms with van der Waals surface area (Å²) < 4.78 is 0. The molecule has 0 fully saturated rings. The SMILES string of the molecule is CONCCNC(=O)CCN1C(=O)C=CC1=O. The number of hydrogen-bond donors (Lipinski definition) is 2. The van der Waals surface area contributed by atoms with Crippen LogP contribution in [0.25, 0.3) is 0 Å². The molecule has 0 atom stereocenters. The second-order valence-corrected chi connectivity index (χ2v) is 3.36. The molecule has 0 bridgehead atoms. The number of hydrogen-bond acceptors (Lipinski definition) is 5. The molecule has 17 heavy (non-hydrogen) atoms. The Morgan fingerprint density at radius 3 is 2.53 bits per heavy atom.